The van der Waals surface area contributed by atoms with Crippen LogP contribution in [0.15, 0.2) is 48.0 Å². The minimum absolute atomic E-state index is 0.122. The molecule has 0 spiro atoms. The molecular weight excluding hydrogens is 394 g/mol. The highest BCUT2D eigenvalue weighted by Crippen LogP contribution is 2.40. The Hall–Kier alpha value is -3.75. The largest absolute Gasteiger partial charge is 0.366 e. The fraction of sp³-hybridized carbons (Fsp3) is 0.318. The highest BCUT2D eigenvalue weighted by atomic mass is 16.6. The van der Waals surface area contributed by atoms with E-state index in [0.717, 1.165) is 48.3 Å². The lowest BCUT2D eigenvalue weighted by Gasteiger charge is -2.28. The van der Waals surface area contributed by atoms with Gasteiger partial charge in [-0.05, 0) is 59.9 Å². The summed E-state index contributed by atoms with van der Waals surface area (Å²) in [5.74, 6) is 0.512. The van der Waals surface area contributed by atoms with Gasteiger partial charge in [-0.3, -0.25) is 10.1 Å². The summed E-state index contributed by atoms with van der Waals surface area (Å²) in [5.41, 5.74) is 5.69. The fourth-order valence-electron chi connectivity index (χ4n) is 4.47. The van der Waals surface area contributed by atoms with Crippen molar-refractivity contribution >= 4 is 23.0 Å². The number of benzene rings is 2. The molecule has 2 aliphatic rings. The summed E-state index contributed by atoms with van der Waals surface area (Å²) in [5, 5.41) is 27.3. The molecule has 0 bridgehead atoms. The van der Waals surface area contributed by atoms with Crippen LogP contribution in [0.1, 0.15) is 42.5 Å². The number of nitrogens with one attached hydrogen (secondary N) is 1. The Morgan fingerprint density at radius 3 is 2.55 bits per heavy atom. The molecule has 31 heavy (non-hydrogen) atoms. The summed E-state index contributed by atoms with van der Waals surface area (Å²) in [7, 11) is 0. The van der Waals surface area contributed by atoms with Gasteiger partial charge in [-0.15, -0.1) is 0 Å². The van der Waals surface area contributed by atoms with Crippen LogP contribution in [-0.2, 0) is 0 Å². The molecule has 1 atom stereocenters. The number of aryl methyl sites for hydroxylation is 1. The number of hydrogen-bond donors (Lipinski definition) is 1. The van der Waals surface area contributed by atoms with Crippen LogP contribution in [0.2, 0.25) is 0 Å². The van der Waals surface area contributed by atoms with E-state index in [1.807, 2.05) is 26.0 Å². The van der Waals surface area contributed by atoms with Gasteiger partial charge in [0, 0.05) is 24.9 Å². The molecule has 1 fully saturated rings. The Kier molecular flexibility index (Phi) is 4.65. The number of nitrogens with zero attached hydrogens (tertiary/aromatic N) is 6. The minimum Gasteiger partial charge on any atom is -0.366 e. The second-order valence-corrected chi connectivity index (χ2v) is 8.10. The van der Waals surface area contributed by atoms with Crippen LogP contribution in [0.3, 0.4) is 0 Å². The van der Waals surface area contributed by atoms with Gasteiger partial charge in [0.25, 0.3) is 5.69 Å². The van der Waals surface area contributed by atoms with Crippen LogP contribution in [0.4, 0.5) is 17.3 Å². The summed E-state index contributed by atoms with van der Waals surface area (Å²) in [6, 6.07) is 13.4. The van der Waals surface area contributed by atoms with E-state index in [9.17, 15) is 10.1 Å². The van der Waals surface area contributed by atoms with Gasteiger partial charge in [0.2, 0.25) is 5.95 Å². The number of rotatable bonds is 4. The molecule has 0 radical (unpaired) electrons. The van der Waals surface area contributed by atoms with E-state index >= 15 is 0 Å². The van der Waals surface area contributed by atoms with Crippen molar-refractivity contribution in [3.8, 4) is 0 Å². The summed E-state index contributed by atoms with van der Waals surface area (Å²) in [6.45, 7) is 5.75. The molecule has 1 N–H and O–H groups in total. The van der Waals surface area contributed by atoms with Crippen LogP contribution in [0.5, 0.6) is 0 Å². The number of nitro groups is 1. The van der Waals surface area contributed by atoms with Gasteiger partial charge in [-0.25, -0.2) is 0 Å². The van der Waals surface area contributed by atoms with Crippen LogP contribution in [-0.4, -0.2) is 38.2 Å². The van der Waals surface area contributed by atoms with Crippen molar-refractivity contribution < 1.29 is 4.92 Å². The molecule has 9 nitrogen and oxygen atoms in total. The molecule has 2 aliphatic heterocycles. The summed E-state index contributed by atoms with van der Waals surface area (Å²) < 4.78 is 1.68. The maximum Gasteiger partial charge on any atom is 0.292 e. The Balaban J connectivity index is 1.63. The molecule has 0 aliphatic carbocycles. The fourth-order valence-corrected chi connectivity index (χ4v) is 4.47. The first-order valence-corrected chi connectivity index (χ1v) is 10.4. The molecule has 9 heteroatoms. The van der Waals surface area contributed by atoms with Gasteiger partial charge in [-0.2, -0.15) is 4.68 Å². The second-order valence-electron chi connectivity index (χ2n) is 8.10. The highest BCUT2D eigenvalue weighted by Gasteiger charge is 2.32. The average molecular weight is 417 g/mol. The van der Waals surface area contributed by atoms with Crippen molar-refractivity contribution in [3.63, 3.8) is 0 Å². The number of hydrogen-bond acceptors (Lipinski definition) is 7. The van der Waals surface area contributed by atoms with Gasteiger partial charge >= 0.3 is 0 Å². The zero-order chi connectivity index (χ0) is 21.5. The van der Waals surface area contributed by atoms with Gasteiger partial charge in [0.15, 0.2) is 0 Å². The van der Waals surface area contributed by atoms with Crippen molar-refractivity contribution in [2.45, 2.75) is 32.7 Å². The summed E-state index contributed by atoms with van der Waals surface area (Å²) in [6.07, 6.45) is 2.12. The van der Waals surface area contributed by atoms with Crippen molar-refractivity contribution in [2.75, 3.05) is 23.3 Å². The Morgan fingerprint density at radius 1 is 1.10 bits per heavy atom. The number of aromatic nitrogens is 4. The van der Waals surface area contributed by atoms with Crippen molar-refractivity contribution in [2.24, 2.45) is 0 Å². The van der Waals surface area contributed by atoms with E-state index in [1.165, 1.54) is 5.56 Å². The third-order valence-electron chi connectivity index (χ3n) is 6.08. The normalized spacial score (nSPS) is 18.1. The minimum atomic E-state index is -0.339. The predicted molar refractivity (Wildman–Crippen MR) is 118 cm³/mol. The van der Waals surface area contributed by atoms with E-state index in [0.29, 0.717) is 11.6 Å². The lowest BCUT2D eigenvalue weighted by molar-refractivity contribution is -0.384. The van der Waals surface area contributed by atoms with Gasteiger partial charge < -0.3 is 10.2 Å². The molecule has 2 aromatic carbocycles. The molecule has 3 aromatic rings. The average Bonchev–Trinajstić information content (AvgIpc) is 3.46. The van der Waals surface area contributed by atoms with E-state index in [-0.39, 0.29) is 16.7 Å². The van der Waals surface area contributed by atoms with E-state index < -0.39 is 0 Å². The summed E-state index contributed by atoms with van der Waals surface area (Å²) >= 11 is 0. The van der Waals surface area contributed by atoms with Crippen molar-refractivity contribution in [1.82, 2.24) is 20.2 Å². The number of nitro benzene ring substituents is 1. The highest BCUT2D eigenvalue weighted by molar-refractivity contribution is 5.80. The number of fused-ring (bicyclic) bond motifs is 1. The monoisotopic (exact) mass is 417 g/mol. The van der Waals surface area contributed by atoms with Crippen LogP contribution in [0.25, 0.3) is 5.70 Å². The van der Waals surface area contributed by atoms with Crippen LogP contribution in [0, 0.1) is 17.0 Å². The first-order valence-electron chi connectivity index (χ1n) is 10.4. The third-order valence-corrected chi connectivity index (χ3v) is 6.08. The third kappa shape index (κ3) is 3.31. The first kappa shape index (κ1) is 19.2. The SMILES string of the molecule is CC1=C(c2ccc(C)cc2)Nc2nnnn2[C@H]1c1ccc(N2CCCC2)c([N+](=O)[O-])c1. The first-order chi connectivity index (χ1) is 15.0. The van der Waals surface area contributed by atoms with Crippen molar-refractivity contribution in [3.05, 3.63) is 74.8 Å². The maximum absolute atomic E-state index is 11.9. The molecule has 0 amide bonds. The number of tetrazole rings is 1. The summed E-state index contributed by atoms with van der Waals surface area (Å²) in [4.78, 5) is 13.7. The topological polar surface area (TPSA) is 102 Å². The lowest BCUT2D eigenvalue weighted by Crippen LogP contribution is -2.24. The van der Waals surface area contributed by atoms with E-state index in [1.54, 1.807) is 10.7 Å². The van der Waals surface area contributed by atoms with Crippen LogP contribution < -0.4 is 10.2 Å². The molecule has 1 saturated heterocycles. The van der Waals surface area contributed by atoms with Gasteiger partial charge in [-0.1, -0.05) is 41.0 Å². The molecule has 158 valence electrons. The predicted octanol–water partition coefficient (Wildman–Crippen LogP) is 3.94. The molecule has 3 heterocycles. The molecule has 0 saturated carbocycles. The molecule has 5 rings (SSSR count). The van der Waals surface area contributed by atoms with Crippen LogP contribution >= 0.6 is 0 Å². The van der Waals surface area contributed by atoms with E-state index in [2.05, 4.69) is 50.0 Å². The Morgan fingerprint density at radius 2 is 1.84 bits per heavy atom. The van der Waals surface area contributed by atoms with Gasteiger partial charge in [0.1, 0.15) is 11.7 Å². The number of allylic oxidation sites excluding steroid dienone is 1. The van der Waals surface area contributed by atoms with Crippen molar-refractivity contribution in [1.29, 1.82) is 0 Å². The van der Waals surface area contributed by atoms with Gasteiger partial charge in [0.05, 0.1) is 4.92 Å². The second kappa shape index (κ2) is 7.50. The van der Waals surface area contributed by atoms with E-state index in [4.69, 9.17) is 0 Å². The molecule has 1 aromatic heterocycles. The quantitative estimate of drug-likeness (QED) is 0.507. The standard InChI is InChI=1S/C22H23N7O2/c1-14-5-7-16(8-6-14)20-15(2)21(28-22(23-20)24-25-26-28)17-9-10-18(19(13-17)29(30)31)27-11-3-4-12-27/h5-10,13,21H,3-4,11-12H2,1-2H3,(H,23,24,26)/t21-/m1/s1. The molecule has 0 unspecified atom stereocenters. The zero-order valence-electron chi connectivity index (χ0n) is 17.4. The lowest BCUT2D eigenvalue weighted by atomic mass is 9.93. The Bertz CT molecular complexity index is 1180. The molecular formula is C22H23N7O2. The number of anilines is 2. The maximum atomic E-state index is 11.9. The Labute approximate surface area is 179 Å². The smallest absolute Gasteiger partial charge is 0.292 e. The zero-order valence-corrected chi connectivity index (χ0v) is 17.4.